The number of aliphatic hydroxyl groups is 1. The molecule has 1 saturated carbocycles. The zero-order chi connectivity index (χ0) is 15.0. The molecule has 0 bridgehead atoms. The first-order valence-corrected chi connectivity index (χ1v) is 9.27. The second-order valence-corrected chi connectivity index (χ2v) is 8.54. The van der Waals surface area contributed by atoms with Crippen molar-refractivity contribution in [2.45, 2.75) is 36.2 Å². The van der Waals surface area contributed by atoms with Gasteiger partial charge in [0, 0.05) is 15.5 Å². The number of nitrogens with one attached hydrogen (secondary N) is 1. The molecule has 0 heterocycles. The molecule has 0 atom stereocenters. The van der Waals surface area contributed by atoms with Gasteiger partial charge in [0.2, 0.25) is 10.0 Å². The van der Waals surface area contributed by atoms with Crippen molar-refractivity contribution in [2.75, 3.05) is 12.3 Å². The van der Waals surface area contributed by atoms with Crippen molar-refractivity contribution < 1.29 is 13.5 Å². The first-order chi connectivity index (χ1) is 9.23. The lowest BCUT2D eigenvalue weighted by molar-refractivity contribution is 0.0532. The van der Waals surface area contributed by atoms with Gasteiger partial charge in [-0.3, -0.25) is 0 Å². The number of benzene rings is 1. The lowest BCUT2D eigenvalue weighted by Gasteiger charge is -2.22. The van der Waals surface area contributed by atoms with Gasteiger partial charge in [-0.15, -0.1) is 0 Å². The molecule has 2 rings (SSSR count). The summed E-state index contributed by atoms with van der Waals surface area (Å²) in [4.78, 5) is 0.00213. The zero-order valence-corrected chi connectivity index (χ0v) is 14.7. The van der Waals surface area contributed by atoms with Crippen molar-refractivity contribution in [3.05, 3.63) is 21.1 Å². The average molecular weight is 428 g/mol. The lowest BCUT2D eigenvalue weighted by atomic mass is 10.0. The highest BCUT2D eigenvalue weighted by molar-refractivity contribution is 9.11. The largest absolute Gasteiger partial charge is 0.398 e. The van der Waals surface area contributed by atoms with E-state index in [1.165, 1.54) is 6.07 Å². The van der Waals surface area contributed by atoms with E-state index in [0.29, 0.717) is 21.8 Å². The summed E-state index contributed by atoms with van der Waals surface area (Å²) in [6.07, 6.45) is 3.07. The summed E-state index contributed by atoms with van der Waals surface area (Å²) >= 11 is 6.46. The van der Waals surface area contributed by atoms with Crippen molar-refractivity contribution in [1.82, 2.24) is 4.72 Å². The maximum absolute atomic E-state index is 12.3. The van der Waals surface area contributed by atoms with Crippen LogP contribution < -0.4 is 10.5 Å². The maximum atomic E-state index is 12.3. The van der Waals surface area contributed by atoms with Crippen molar-refractivity contribution in [3.8, 4) is 0 Å². The number of nitrogen functional groups attached to an aromatic ring is 1. The van der Waals surface area contributed by atoms with Gasteiger partial charge in [0.05, 0.1) is 11.3 Å². The SMILES string of the molecule is Nc1cc(Br)cc(Br)c1S(=O)(=O)NCC1(O)CCCC1. The molecule has 1 aromatic carbocycles. The molecule has 8 heteroatoms. The Morgan fingerprint density at radius 2 is 1.90 bits per heavy atom. The Morgan fingerprint density at radius 3 is 2.45 bits per heavy atom. The second-order valence-electron chi connectivity index (χ2n) is 5.06. The van der Waals surface area contributed by atoms with Crippen LogP contribution in [0.1, 0.15) is 25.7 Å². The molecule has 0 saturated heterocycles. The molecule has 0 radical (unpaired) electrons. The molecule has 1 aliphatic rings. The van der Waals surface area contributed by atoms with E-state index in [4.69, 9.17) is 5.73 Å². The van der Waals surface area contributed by atoms with Crippen molar-refractivity contribution >= 4 is 47.6 Å². The number of nitrogens with two attached hydrogens (primary N) is 1. The summed E-state index contributed by atoms with van der Waals surface area (Å²) in [5.74, 6) is 0. The summed E-state index contributed by atoms with van der Waals surface area (Å²) in [5, 5.41) is 10.2. The molecule has 1 aromatic rings. The zero-order valence-electron chi connectivity index (χ0n) is 10.7. The summed E-state index contributed by atoms with van der Waals surface area (Å²) in [6, 6.07) is 3.15. The first-order valence-electron chi connectivity index (χ1n) is 6.20. The maximum Gasteiger partial charge on any atom is 0.243 e. The Bertz CT molecular complexity index is 590. The van der Waals surface area contributed by atoms with Crippen LogP contribution in [0.3, 0.4) is 0 Å². The van der Waals surface area contributed by atoms with Crippen LogP contribution in [-0.2, 0) is 10.0 Å². The monoisotopic (exact) mass is 426 g/mol. The van der Waals surface area contributed by atoms with Crippen LogP contribution in [-0.4, -0.2) is 25.7 Å². The minimum atomic E-state index is -3.77. The molecule has 5 nitrogen and oxygen atoms in total. The van der Waals surface area contributed by atoms with Crippen LogP contribution in [0.25, 0.3) is 0 Å². The number of hydrogen-bond donors (Lipinski definition) is 3. The Hall–Kier alpha value is -0.150. The standard InChI is InChI=1S/C12H16Br2N2O3S/c13-8-5-9(14)11(10(15)6-8)20(18,19)16-7-12(17)3-1-2-4-12/h5-6,16-17H,1-4,7,15H2. The molecule has 0 aromatic heterocycles. The third-order valence-corrected chi connectivity index (χ3v) is 6.29. The minimum Gasteiger partial charge on any atom is -0.398 e. The predicted molar refractivity (Wildman–Crippen MR) is 84.9 cm³/mol. The molecule has 0 aliphatic heterocycles. The first kappa shape index (κ1) is 16.2. The van der Waals surface area contributed by atoms with E-state index in [1.54, 1.807) is 6.07 Å². The van der Waals surface area contributed by atoms with Gasteiger partial charge < -0.3 is 10.8 Å². The topological polar surface area (TPSA) is 92.4 Å². The van der Waals surface area contributed by atoms with Crippen LogP contribution in [0.4, 0.5) is 5.69 Å². The van der Waals surface area contributed by atoms with Gasteiger partial charge in [-0.1, -0.05) is 28.8 Å². The van der Waals surface area contributed by atoms with E-state index in [0.717, 1.165) is 12.8 Å². The quantitative estimate of drug-likeness (QED) is 0.643. The van der Waals surface area contributed by atoms with Gasteiger partial charge in [0.25, 0.3) is 0 Å². The van der Waals surface area contributed by atoms with E-state index in [9.17, 15) is 13.5 Å². The van der Waals surface area contributed by atoms with Crippen LogP contribution in [0.2, 0.25) is 0 Å². The van der Waals surface area contributed by atoms with Crippen LogP contribution in [0.15, 0.2) is 26.0 Å². The fraction of sp³-hybridized carbons (Fsp3) is 0.500. The summed E-state index contributed by atoms with van der Waals surface area (Å²) in [7, 11) is -3.77. The highest BCUT2D eigenvalue weighted by Crippen LogP contribution is 2.33. The van der Waals surface area contributed by atoms with E-state index >= 15 is 0 Å². The predicted octanol–water partition coefficient (Wildman–Crippen LogP) is 2.38. The Morgan fingerprint density at radius 1 is 1.30 bits per heavy atom. The second kappa shape index (κ2) is 5.92. The van der Waals surface area contributed by atoms with Gasteiger partial charge in [-0.25, -0.2) is 13.1 Å². The third-order valence-electron chi connectivity index (χ3n) is 3.43. The van der Waals surface area contributed by atoms with Gasteiger partial charge in [0.15, 0.2) is 0 Å². The normalized spacial score (nSPS) is 18.4. The molecule has 0 amide bonds. The fourth-order valence-corrected chi connectivity index (χ4v) is 5.56. The highest BCUT2D eigenvalue weighted by atomic mass is 79.9. The van der Waals surface area contributed by atoms with Gasteiger partial charge in [-0.05, 0) is 40.9 Å². The molecule has 112 valence electrons. The Kier molecular flexibility index (Phi) is 4.80. The van der Waals surface area contributed by atoms with E-state index in [-0.39, 0.29) is 17.1 Å². The number of sulfonamides is 1. The summed E-state index contributed by atoms with van der Waals surface area (Å²) in [6.45, 7) is 0.0112. The molecular formula is C12H16Br2N2O3S. The van der Waals surface area contributed by atoms with Crippen LogP contribution in [0, 0.1) is 0 Å². The van der Waals surface area contributed by atoms with E-state index in [2.05, 4.69) is 36.6 Å². The Balaban J connectivity index is 2.23. The molecule has 20 heavy (non-hydrogen) atoms. The number of anilines is 1. The number of rotatable bonds is 4. The highest BCUT2D eigenvalue weighted by Gasteiger charge is 2.33. The summed E-state index contributed by atoms with van der Waals surface area (Å²) in [5.41, 5.74) is 4.99. The Labute approximate surface area is 135 Å². The molecule has 1 fully saturated rings. The lowest BCUT2D eigenvalue weighted by Crippen LogP contribution is -2.41. The van der Waals surface area contributed by atoms with Gasteiger partial charge in [0.1, 0.15) is 4.90 Å². The molecule has 1 aliphatic carbocycles. The van der Waals surface area contributed by atoms with Crippen molar-refractivity contribution in [2.24, 2.45) is 0 Å². The number of hydrogen-bond acceptors (Lipinski definition) is 4. The summed E-state index contributed by atoms with van der Waals surface area (Å²) < 4.78 is 28.2. The third kappa shape index (κ3) is 3.54. The van der Waals surface area contributed by atoms with Crippen molar-refractivity contribution in [3.63, 3.8) is 0 Å². The molecular weight excluding hydrogens is 412 g/mol. The van der Waals surface area contributed by atoms with Crippen molar-refractivity contribution in [1.29, 1.82) is 0 Å². The number of halogens is 2. The van der Waals surface area contributed by atoms with E-state index < -0.39 is 15.6 Å². The van der Waals surface area contributed by atoms with E-state index in [1.807, 2.05) is 0 Å². The van der Waals surface area contributed by atoms with Gasteiger partial charge >= 0.3 is 0 Å². The average Bonchev–Trinajstić information content (AvgIpc) is 2.73. The minimum absolute atomic E-state index is 0.00213. The molecule has 0 unspecified atom stereocenters. The van der Waals surface area contributed by atoms with Gasteiger partial charge in [-0.2, -0.15) is 0 Å². The molecule has 0 spiro atoms. The fourth-order valence-electron chi connectivity index (χ4n) is 2.38. The smallest absolute Gasteiger partial charge is 0.243 e. The van der Waals surface area contributed by atoms with Crippen LogP contribution in [0.5, 0.6) is 0 Å². The molecule has 4 N–H and O–H groups in total. The van der Waals surface area contributed by atoms with Crippen LogP contribution >= 0.6 is 31.9 Å².